The molecule has 1 aliphatic carbocycles. The first kappa shape index (κ1) is 11.0. The van der Waals surface area contributed by atoms with Gasteiger partial charge < -0.3 is 0 Å². The number of hydrogen-bond donors (Lipinski definition) is 0. The van der Waals surface area contributed by atoms with Crippen molar-refractivity contribution in [2.45, 2.75) is 27.2 Å². The van der Waals surface area contributed by atoms with Crippen LogP contribution in [0.3, 0.4) is 0 Å². The summed E-state index contributed by atoms with van der Waals surface area (Å²) in [7, 11) is 0. The summed E-state index contributed by atoms with van der Waals surface area (Å²) in [5.74, 6) is 0.606. The lowest BCUT2D eigenvalue weighted by Crippen LogP contribution is -2.30. The van der Waals surface area contributed by atoms with Gasteiger partial charge in [0.2, 0.25) is 0 Å². The molecule has 14 heavy (non-hydrogen) atoms. The van der Waals surface area contributed by atoms with E-state index in [1.807, 2.05) is 13.0 Å². The van der Waals surface area contributed by atoms with Crippen molar-refractivity contribution in [2.75, 3.05) is 0 Å². The average molecular weight is 190 g/mol. The number of ketones is 1. The highest BCUT2D eigenvalue weighted by molar-refractivity contribution is 5.92. The Bertz CT molecular complexity index is 305. The largest absolute Gasteiger partial charge is 0.295 e. The van der Waals surface area contributed by atoms with E-state index < -0.39 is 0 Å². The fraction of sp³-hybridized carbons (Fsp3) is 0.462. The zero-order chi connectivity index (χ0) is 10.8. The van der Waals surface area contributed by atoms with E-state index in [2.05, 4.69) is 26.5 Å². The normalized spacial score (nSPS) is 26.4. The minimum atomic E-state index is 0.0371. The highest BCUT2D eigenvalue weighted by atomic mass is 16.1. The molecule has 0 aromatic heterocycles. The maximum absolute atomic E-state index is 11.4. The zero-order valence-corrected chi connectivity index (χ0v) is 9.21. The van der Waals surface area contributed by atoms with Crippen LogP contribution in [0.2, 0.25) is 0 Å². The van der Waals surface area contributed by atoms with Gasteiger partial charge in [0.15, 0.2) is 5.78 Å². The third-order valence-corrected chi connectivity index (χ3v) is 2.79. The van der Waals surface area contributed by atoms with Gasteiger partial charge in [0.25, 0.3) is 0 Å². The minimum Gasteiger partial charge on any atom is -0.295 e. The summed E-state index contributed by atoms with van der Waals surface area (Å²) in [5.41, 5.74) is 1.19. The van der Waals surface area contributed by atoms with E-state index in [0.717, 1.165) is 5.57 Å². The van der Waals surface area contributed by atoms with Crippen molar-refractivity contribution in [1.29, 1.82) is 0 Å². The Balaban J connectivity index is 3.00. The predicted octanol–water partition coefficient (Wildman–Crippen LogP) is 3.29. The van der Waals surface area contributed by atoms with E-state index in [-0.39, 0.29) is 11.2 Å². The molecule has 0 N–H and O–H groups in total. The van der Waals surface area contributed by atoms with Crippen LogP contribution >= 0.6 is 0 Å². The maximum atomic E-state index is 11.4. The molecule has 0 saturated heterocycles. The van der Waals surface area contributed by atoms with Crippen LogP contribution in [0.25, 0.3) is 0 Å². The molecule has 0 aliphatic heterocycles. The van der Waals surface area contributed by atoms with Gasteiger partial charge in [0, 0.05) is 12.3 Å². The molecule has 76 valence electrons. The van der Waals surface area contributed by atoms with Crippen LogP contribution < -0.4 is 0 Å². The number of rotatable bonds is 2. The summed E-state index contributed by atoms with van der Waals surface area (Å²) in [6.07, 6.45) is 8.27. The van der Waals surface area contributed by atoms with Gasteiger partial charge in [-0.2, -0.15) is 0 Å². The second-order valence-corrected chi connectivity index (χ2v) is 4.62. The van der Waals surface area contributed by atoms with Crippen molar-refractivity contribution in [3.63, 3.8) is 0 Å². The molecule has 1 atom stereocenters. The van der Waals surface area contributed by atoms with Crippen molar-refractivity contribution in [1.82, 2.24) is 0 Å². The van der Waals surface area contributed by atoms with Gasteiger partial charge in [0.05, 0.1) is 0 Å². The highest BCUT2D eigenvalue weighted by Gasteiger charge is 2.34. The van der Waals surface area contributed by atoms with E-state index >= 15 is 0 Å². The molecule has 0 unspecified atom stereocenters. The third-order valence-electron chi connectivity index (χ3n) is 2.79. The second-order valence-electron chi connectivity index (χ2n) is 4.62. The van der Waals surface area contributed by atoms with Crippen LogP contribution in [0.5, 0.6) is 0 Å². The van der Waals surface area contributed by atoms with Crippen molar-refractivity contribution >= 4 is 5.78 Å². The smallest absolute Gasteiger partial charge is 0.156 e. The fourth-order valence-corrected chi connectivity index (χ4v) is 2.17. The number of carbonyl (C=O) groups excluding carboxylic acids is 1. The third kappa shape index (κ3) is 2.22. The van der Waals surface area contributed by atoms with Crippen LogP contribution in [0, 0.1) is 11.3 Å². The summed E-state index contributed by atoms with van der Waals surface area (Å²) in [6, 6.07) is 0. The molecule has 0 fully saturated rings. The maximum Gasteiger partial charge on any atom is 0.156 e. The second kappa shape index (κ2) is 3.95. The molecule has 0 heterocycles. The van der Waals surface area contributed by atoms with Crippen LogP contribution in [-0.4, -0.2) is 5.78 Å². The van der Waals surface area contributed by atoms with Crippen LogP contribution in [0.1, 0.15) is 27.2 Å². The van der Waals surface area contributed by atoms with Gasteiger partial charge in [-0.1, -0.05) is 44.2 Å². The number of allylic oxidation sites excluding steroid dienone is 5. The zero-order valence-electron chi connectivity index (χ0n) is 9.21. The molecule has 0 aromatic carbocycles. The molecule has 0 saturated carbocycles. The lowest BCUT2D eigenvalue weighted by Gasteiger charge is -2.35. The Morgan fingerprint density at radius 2 is 2.21 bits per heavy atom. The van der Waals surface area contributed by atoms with E-state index in [9.17, 15) is 4.79 Å². The Hall–Kier alpha value is -1.11. The summed E-state index contributed by atoms with van der Waals surface area (Å²) >= 11 is 0. The van der Waals surface area contributed by atoms with Crippen molar-refractivity contribution in [2.24, 2.45) is 11.3 Å². The van der Waals surface area contributed by atoms with E-state index in [1.54, 1.807) is 12.2 Å². The topological polar surface area (TPSA) is 17.1 Å². The van der Waals surface area contributed by atoms with Crippen molar-refractivity contribution < 1.29 is 4.79 Å². The molecule has 0 amide bonds. The molecule has 0 spiro atoms. The minimum absolute atomic E-state index is 0.0371. The van der Waals surface area contributed by atoms with Gasteiger partial charge in [-0.3, -0.25) is 4.79 Å². The van der Waals surface area contributed by atoms with Crippen LogP contribution in [0.4, 0.5) is 0 Å². The number of hydrogen-bond acceptors (Lipinski definition) is 1. The summed E-state index contributed by atoms with van der Waals surface area (Å²) in [6.45, 7) is 9.96. The van der Waals surface area contributed by atoms with Gasteiger partial charge in [-0.25, -0.2) is 0 Å². The standard InChI is InChI=1S/C13H18O/c1-5-6-7-12-10(2)8-11(14)9-13(12,3)4/h5-8,12H,1,9H2,2-4H3/b7-6+/t12-/m0/s1. The lowest BCUT2D eigenvalue weighted by atomic mass is 9.68. The first-order valence-electron chi connectivity index (χ1n) is 4.97. The van der Waals surface area contributed by atoms with Gasteiger partial charge in [0.1, 0.15) is 0 Å². The molecule has 1 nitrogen and oxygen atoms in total. The lowest BCUT2D eigenvalue weighted by molar-refractivity contribution is -0.117. The van der Waals surface area contributed by atoms with E-state index in [1.165, 1.54) is 0 Å². The van der Waals surface area contributed by atoms with Gasteiger partial charge in [-0.15, -0.1) is 0 Å². The monoisotopic (exact) mass is 190 g/mol. The molecular formula is C13H18O. The SMILES string of the molecule is C=C/C=C/[C@H]1C(C)=CC(=O)CC1(C)C. The Kier molecular flexibility index (Phi) is 3.10. The molecular weight excluding hydrogens is 172 g/mol. The highest BCUT2D eigenvalue weighted by Crippen LogP contribution is 2.40. The van der Waals surface area contributed by atoms with Gasteiger partial charge >= 0.3 is 0 Å². The average Bonchev–Trinajstić information content (AvgIpc) is 2.00. The van der Waals surface area contributed by atoms with E-state index in [0.29, 0.717) is 12.3 Å². The van der Waals surface area contributed by atoms with Crippen LogP contribution in [-0.2, 0) is 4.79 Å². The van der Waals surface area contributed by atoms with E-state index in [4.69, 9.17) is 0 Å². The molecule has 0 bridgehead atoms. The quantitative estimate of drug-likeness (QED) is 0.611. The molecule has 1 aliphatic rings. The predicted molar refractivity (Wildman–Crippen MR) is 60.0 cm³/mol. The summed E-state index contributed by atoms with van der Waals surface area (Å²) in [5, 5.41) is 0. The van der Waals surface area contributed by atoms with Crippen molar-refractivity contribution in [3.8, 4) is 0 Å². The number of carbonyl (C=O) groups is 1. The fourth-order valence-electron chi connectivity index (χ4n) is 2.17. The summed E-state index contributed by atoms with van der Waals surface area (Å²) in [4.78, 5) is 11.4. The molecule has 0 radical (unpaired) electrons. The van der Waals surface area contributed by atoms with Gasteiger partial charge in [-0.05, 0) is 18.4 Å². The van der Waals surface area contributed by atoms with Crippen LogP contribution in [0.15, 0.2) is 36.5 Å². The first-order valence-corrected chi connectivity index (χ1v) is 4.97. The summed E-state index contributed by atoms with van der Waals surface area (Å²) < 4.78 is 0. The Labute approximate surface area is 86.2 Å². The molecule has 1 rings (SSSR count). The first-order chi connectivity index (χ1) is 6.47. The molecule has 0 aromatic rings. The molecule has 1 heteroatoms. The Morgan fingerprint density at radius 3 is 2.71 bits per heavy atom. The van der Waals surface area contributed by atoms with Crippen molar-refractivity contribution in [3.05, 3.63) is 36.5 Å². The Morgan fingerprint density at radius 1 is 1.57 bits per heavy atom.